The van der Waals surface area contributed by atoms with Crippen LogP contribution in [-0.2, 0) is 6.42 Å². The molecule has 0 saturated carbocycles. The molecule has 0 amide bonds. The lowest BCUT2D eigenvalue weighted by molar-refractivity contribution is 1.13. The Morgan fingerprint density at radius 2 is 2.44 bits per heavy atom. The smallest absolute Gasteiger partial charge is 0.0593 e. The third kappa shape index (κ3) is 0.633. The maximum atomic E-state index is 3.14. The first-order valence-corrected chi connectivity index (χ1v) is 3.04. The summed E-state index contributed by atoms with van der Waals surface area (Å²) in [6, 6.07) is 2.04. The minimum Gasteiger partial charge on any atom is -0.363 e. The molecule has 2 rings (SSSR count). The Labute approximate surface area is 53.6 Å². The van der Waals surface area contributed by atoms with Gasteiger partial charge in [0.1, 0.15) is 0 Å². The molecule has 2 heterocycles. The van der Waals surface area contributed by atoms with Crippen LogP contribution in [0.25, 0.3) is 0 Å². The van der Waals surface area contributed by atoms with E-state index in [0.717, 1.165) is 6.42 Å². The normalized spacial score (nSPS) is 14.7. The highest BCUT2D eigenvalue weighted by Crippen LogP contribution is 2.17. The van der Waals surface area contributed by atoms with E-state index in [-0.39, 0.29) is 0 Å². The molecule has 9 heavy (non-hydrogen) atoms. The van der Waals surface area contributed by atoms with Crippen LogP contribution in [0.15, 0.2) is 24.5 Å². The van der Waals surface area contributed by atoms with Crippen LogP contribution >= 0.6 is 0 Å². The summed E-state index contributed by atoms with van der Waals surface area (Å²) in [4.78, 5) is 3.14. The second-order valence-electron chi connectivity index (χ2n) is 2.12. The van der Waals surface area contributed by atoms with E-state index in [0.29, 0.717) is 0 Å². The minimum atomic E-state index is 1.02. The van der Waals surface area contributed by atoms with Crippen LogP contribution in [0.1, 0.15) is 5.69 Å². The number of nitrogens with one attached hydrogen (secondary N) is 2. The van der Waals surface area contributed by atoms with Gasteiger partial charge in [-0.2, -0.15) is 0 Å². The van der Waals surface area contributed by atoms with Gasteiger partial charge in [0.05, 0.1) is 5.69 Å². The Morgan fingerprint density at radius 1 is 1.44 bits per heavy atom. The summed E-state index contributed by atoms with van der Waals surface area (Å²) in [7, 11) is 0. The van der Waals surface area contributed by atoms with Crippen LogP contribution in [-0.4, -0.2) is 4.98 Å². The summed E-state index contributed by atoms with van der Waals surface area (Å²) < 4.78 is 0. The highest BCUT2D eigenvalue weighted by Gasteiger charge is 2.01. The number of fused-ring (bicyclic) bond motifs is 1. The lowest BCUT2D eigenvalue weighted by atomic mass is 10.2. The quantitative estimate of drug-likeness (QED) is 0.533. The highest BCUT2D eigenvalue weighted by molar-refractivity contribution is 5.53. The maximum Gasteiger partial charge on any atom is 0.0593 e. The SMILES string of the molecule is C1=CNc2cc[nH]c2C1. The van der Waals surface area contributed by atoms with Gasteiger partial charge in [-0.3, -0.25) is 0 Å². The number of rotatable bonds is 0. The average molecular weight is 120 g/mol. The molecule has 1 aromatic heterocycles. The summed E-state index contributed by atoms with van der Waals surface area (Å²) in [6.45, 7) is 0. The van der Waals surface area contributed by atoms with E-state index in [1.165, 1.54) is 11.4 Å². The van der Waals surface area contributed by atoms with Crippen molar-refractivity contribution >= 4 is 5.69 Å². The lowest BCUT2D eigenvalue weighted by Gasteiger charge is -2.05. The van der Waals surface area contributed by atoms with Crippen molar-refractivity contribution in [2.75, 3.05) is 5.32 Å². The van der Waals surface area contributed by atoms with Crippen LogP contribution in [0, 0.1) is 0 Å². The molecule has 0 radical (unpaired) electrons. The molecule has 1 aromatic rings. The molecular weight excluding hydrogens is 112 g/mol. The zero-order valence-corrected chi connectivity index (χ0v) is 5.02. The van der Waals surface area contributed by atoms with E-state index < -0.39 is 0 Å². The van der Waals surface area contributed by atoms with E-state index in [4.69, 9.17) is 0 Å². The minimum absolute atomic E-state index is 1.02. The Balaban J connectivity index is 2.46. The molecule has 2 N–H and O–H groups in total. The molecule has 0 aliphatic carbocycles. The first kappa shape index (κ1) is 4.68. The molecule has 0 saturated heterocycles. The van der Waals surface area contributed by atoms with Gasteiger partial charge in [-0.15, -0.1) is 0 Å². The van der Waals surface area contributed by atoms with E-state index in [2.05, 4.69) is 16.4 Å². The molecule has 0 fully saturated rings. The largest absolute Gasteiger partial charge is 0.363 e. The Hall–Kier alpha value is -1.18. The van der Waals surface area contributed by atoms with Crippen LogP contribution in [0.3, 0.4) is 0 Å². The monoisotopic (exact) mass is 120 g/mol. The molecular formula is C7H8N2. The van der Waals surface area contributed by atoms with Gasteiger partial charge < -0.3 is 10.3 Å². The van der Waals surface area contributed by atoms with Crippen molar-refractivity contribution < 1.29 is 0 Å². The molecule has 0 unspecified atom stereocenters. The molecule has 0 aromatic carbocycles. The summed E-state index contributed by atoms with van der Waals surface area (Å²) in [5.41, 5.74) is 2.48. The standard InChI is InChI=1S/C7H8N2/c1-2-6-7(8-4-1)3-5-9-6/h1,3-5,8-9H,2H2. The van der Waals surface area contributed by atoms with Crippen molar-refractivity contribution in [3.63, 3.8) is 0 Å². The molecule has 46 valence electrons. The molecule has 1 aliphatic rings. The Morgan fingerprint density at radius 3 is 3.33 bits per heavy atom. The van der Waals surface area contributed by atoms with Crippen LogP contribution in [0.4, 0.5) is 5.69 Å². The van der Waals surface area contributed by atoms with E-state index in [1.54, 1.807) is 0 Å². The predicted molar refractivity (Wildman–Crippen MR) is 37.3 cm³/mol. The number of H-pyrrole nitrogens is 1. The first-order valence-electron chi connectivity index (χ1n) is 3.04. The van der Waals surface area contributed by atoms with E-state index in [1.807, 2.05) is 18.5 Å². The average Bonchev–Trinajstić information content (AvgIpc) is 2.33. The van der Waals surface area contributed by atoms with Crippen LogP contribution < -0.4 is 5.32 Å². The number of aromatic nitrogens is 1. The van der Waals surface area contributed by atoms with Crippen LogP contribution in [0.5, 0.6) is 0 Å². The molecule has 1 aliphatic heterocycles. The molecule has 0 atom stereocenters. The Bertz CT molecular complexity index is 212. The predicted octanol–water partition coefficient (Wildman–Crippen LogP) is 1.50. The van der Waals surface area contributed by atoms with E-state index >= 15 is 0 Å². The number of allylic oxidation sites excluding steroid dienone is 1. The van der Waals surface area contributed by atoms with Gasteiger partial charge in [-0.25, -0.2) is 0 Å². The summed E-state index contributed by atoms with van der Waals surface area (Å²) in [5, 5.41) is 3.13. The van der Waals surface area contributed by atoms with Gasteiger partial charge in [-0.05, 0) is 12.3 Å². The summed E-state index contributed by atoms with van der Waals surface area (Å²) in [5.74, 6) is 0. The second kappa shape index (κ2) is 1.65. The molecule has 2 nitrogen and oxygen atoms in total. The van der Waals surface area contributed by atoms with Gasteiger partial charge in [0.25, 0.3) is 0 Å². The van der Waals surface area contributed by atoms with Gasteiger partial charge in [0, 0.05) is 18.3 Å². The van der Waals surface area contributed by atoms with Crippen molar-refractivity contribution in [1.82, 2.24) is 4.98 Å². The van der Waals surface area contributed by atoms with Crippen molar-refractivity contribution in [3.05, 3.63) is 30.2 Å². The van der Waals surface area contributed by atoms with Crippen molar-refractivity contribution in [1.29, 1.82) is 0 Å². The van der Waals surface area contributed by atoms with Gasteiger partial charge in [-0.1, -0.05) is 6.08 Å². The number of anilines is 1. The number of hydrogen-bond donors (Lipinski definition) is 2. The van der Waals surface area contributed by atoms with E-state index in [9.17, 15) is 0 Å². The Kier molecular flexibility index (Phi) is 0.859. The fraction of sp³-hybridized carbons (Fsp3) is 0.143. The number of hydrogen-bond acceptors (Lipinski definition) is 1. The van der Waals surface area contributed by atoms with Crippen molar-refractivity contribution in [2.45, 2.75) is 6.42 Å². The summed E-state index contributed by atoms with van der Waals surface area (Å²) >= 11 is 0. The third-order valence-electron chi connectivity index (χ3n) is 1.51. The fourth-order valence-electron chi connectivity index (χ4n) is 1.03. The fourth-order valence-corrected chi connectivity index (χ4v) is 1.03. The van der Waals surface area contributed by atoms with Gasteiger partial charge in [0.15, 0.2) is 0 Å². The zero-order valence-electron chi connectivity index (χ0n) is 5.02. The van der Waals surface area contributed by atoms with Crippen molar-refractivity contribution in [3.8, 4) is 0 Å². The molecule has 0 bridgehead atoms. The topological polar surface area (TPSA) is 27.8 Å². The molecule has 2 heteroatoms. The van der Waals surface area contributed by atoms with Gasteiger partial charge in [0.2, 0.25) is 0 Å². The lowest BCUT2D eigenvalue weighted by Crippen LogP contribution is -1.96. The van der Waals surface area contributed by atoms with Crippen LogP contribution in [0.2, 0.25) is 0 Å². The molecule has 0 spiro atoms. The summed E-state index contributed by atoms with van der Waals surface area (Å²) in [6.07, 6.45) is 7.04. The maximum absolute atomic E-state index is 3.14. The van der Waals surface area contributed by atoms with Crippen molar-refractivity contribution in [2.24, 2.45) is 0 Å². The zero-order chi connectivity index (χ0) is 6.10. The first-order chi connectivity index (χ1) is 4.47. The number of aromatic amines is 1. The van der Waals surface area contributed by atoms with Gasteiger partial charge >= 0.3 is 0 Å². The highest BCUT2D eigenvalue weighted by atomic mass is 14.9. The second-order valence-corrected chi connectivity index (χ2v) is 2.12. The third-order valence-corrected chi connectivity index (χ3v) is 1.51.